The Kier molecular flexibility index (Phi) is 3.60. The molecule has 1 fully saturated rings. The number of halogens is 1. The Morgan fingerprint density at radius 3 is 2.94 bits per heavy atom. The topological polar surface area (TPSA) is 96.9 Å². The third kappa shape index (κ3) is 2.75. The summed E-state index contributed by atoms with van der Waals surface area (Å²) in [6, 6.07) is 0. The molecule has 1 unspecified atom stereocenters. The van der Waals surface area contributed by atoms with Gasteiger partial charge in [0.25, 0.3) is 0 Å². The normalized spacial score (nSPS) is 21.6. The molecule has 7 nitrogen and oxygen atoms in total. The Morgan fingerprint density at radius 1 is 1.59 bits per heavy atom. The van der Waals surface area contributed by atoms with Gasteiger partial charge >= 0.3 is 0 Å². The molecule has 0 bridgehead atoms. The van der Waals surface area contributed by atoms with Gasteiger partial charge in [-0.25, -0.2) is 9.97 Å². The second-order valence-electron chi connectivity index (χ2n) is 3.53. The maximum absolute atomic E-state index is 8.60. The molecule has 0 saturated carbocycles. The highest BCUT2D eigenvalue weighted by atomic mass is 35.5. The first-order chi connectivity index (χ1) is 8.20. The molecule has 0 aromatic carbocycles. The highest BCUT2D eigenvalue weighted by Crippen LogP contribution is 2.14. The second-order valence-corrected chi connectivity index (χ2v) is 3.97. The minimum Gasteiger partial charge on any atom is -0.409 e. The number of oxime groups is 1. The number of aromatic nitrogens is 2. The highest BCUT2D eigenvalue weighted by molar-refractivity contribution is 6.30. The standard InChI is InChI=1S/C9H12ClN5O2/c10-6-3-12-9(13-4-6)15-1-2-17-7(5-15)8(11)14-16/h3-4,7,16H,1-2,5H2,(H2,11,14). The summed E-state index contributed by atoms with van der Waals surface area (Å²) in [6.07, 6.45) is 2.60. The minimum absolute atomic E-state index is 0.0451. The van der Waals surface area contributed by atoms with E-state index in [9.17, 15) is 0 Å². The fourth-order valence-corrected chi connectivity index (χ4v) is 1.64. The van der Waals surface area contributed by atoms with Crippen LogP contribution in [0.5, 0.6) is 0 Å². The zero-order chi connectivity index (χ0) is 12.3. The predicted octanol–water partition coefficient (Wildman–Crippen LogP) is 0.0816. The van der Waals surface area contributed by atoms with Gasteiger partial charge in [0.2, 0.25) is 5.95 Å². The molecule has 92 valence electrons. The number of nitrogens with two attached hydrogens (primary N) is 1. The number of morpholine rings is 1. The van der Waals surface area contributed by atoms with Crippen LogP contribution in [0.4, 0.5) is 5.95 Å². The van der Waals surface area contributed by atoms with E-state index in [4.69, 9.17) is 27.3 Å². The largest absolute Gasteiger partial charge is 0.409 e. The monoisotopic (exact) mass is 257 g/mol. The average molecular weight is 258 g/mol. The van der Waals surface area contributed by atoms with Crippen molar-refractivity contribution in [2.75, 3.05) is 24.6 Å². The van der Waals surface area contributed by atoms with E-state index >= 15 is 0 Å². The number of hydrogen-bond acceptors (Lipinski definition) is 6. The fourth-order valence-electron chi connectivity index (χ4n) is 1.54. The van der Waals surface area contributed by atoms with Gasteiger partial charge in [-0.05, 0) is 0 Å². The van der Waals surface area contributed by atoms with Gasteiger partial charge in [0.1, 0.15) is 6.10 Å². The Balaban J connectivity index is 2.09. The number of amidine groups is 1. The molecule has 8 heteroatoms. The van der Waals surface area contributed by atoms with Crippen molar-refractivity contribution >= 4 is 23.4 Å². The van der Waals surface area contributed by atoms with Crippen LogP contribution in [0.25, 0.3) is 0 Å². The summed E-state index contributed by atoms with van der Waals surface area (Å²) >= 11 is 5.71. The van der Waals surface area contributed by atoms with Crippen LogP contribution < -0.4 is 10.6 Å². The molecule has 0 amide bonds. The van der Waals surface area contributed by atoms with E-state index in [1.807, 2.05) is 4.90 Å². The van der Waals surface area contributed by atoms with Crippen LogP contribution in [0.15, 0.2) is 17.5 Å². The van der Waals surface area contributed by atoms with Gasteiger partial charge < -0.3 is 20.6 Å². The summed E-state index contributed by atoms with van der Waals surface area (Å²) in [7, 11) is 0. The van der Waals surface area contributed by atoms with Crippen molar-refractivity contribution in [2.45, 2.75) is 6.10 Å². The Hall–Kier alpha value is -1.60. The number of nitrogens with zero attached hydrogens (tertiary/aromatic N) is 4. The quantitative estimate of drug-likeness (QED) is 0.337. The zero-order valence-corrected chi connectivity index (χ0v) is 9.71. The molecule has 1 aliphatic rings. The molecule has 0 radical (unpaired) electrons. The molecule has 1 atom stereocenters. The van der Waals surface area contributed by atoms with Gasteiger partial charge in [-0.3, -0.25) is 0 Å². The maximum Gasteiger partial charge on any atom is 0.225 e. The lowest BCUT2D eigenvalue weighted by molar-refractivity contribution is 0.0800. The summed E-state index contributed by atoms with van der Waals surface area (Å²) in [4.78, 5) is 10.1. The number of ether oxygens (including phenoxy) is 1. The molecular weight excluding hydrogens is 246 g/mol. The van der Waals surface area contributed by atoms with Crippen molar-refractivity contribution in [3.63, 3.8) is 0 Å². The lowest BCUT2D eigenvalue weighted by atomic mass is 10.2. The Bertz CT molecular complexity index is 410. The first-order valence-electron chi connectivity index (χ1n) is 5.02. The van der Waals surface area contributed by atoms with Gasteiger partial charge in [-0.15, -0.1) is 0 Å². The van der Waals surface area contributed by atoms with Crippen molar-refractivity contribution in [3.05, 3.63) is 17.4 Å². The Morgan fingerprint density at radius 2 is 2.29 bits per heavy atom. The van der Waals surface area contributed by atoms with E-state index in [1.165, 1.54) is 12.4 Å². The third-order valence-electron chi connectivity index (χ3n) is 2.40. The van der Waals surface area contributed by atoms with Crippen molar-refractivity contribution in [2.24, 2.45) is 10.9 Å². The molecule has 1 aromatic heterocycles. The maximum atomic E-state index is 8.60. The van der Waals surface area contributed by atoms with E-state index in [0.717, 1.165) is 0 Å². The zero-order valence-electron chi connectivity index (χ0n) is 8.95. The molecule has 1 aliphatic heterocycles. The van der Waals surface area contributed by atoms with Crippen molar-refractivity contribution in [1.29, 1.82) is 0 Å². The molecule has 0 aliphatic carbocycles. The van der Waals surface area contributed by atoms with E-state index in [-0.39, 0.29) is 5.84 Å². The van der Waals surface area contributed by atoms with Crippen LogP contribution in [0, 0.1) is 0 Å². The second kappa shape index (κ2) is 5.15. The molecule has 3 N–H and O–H groups in total. The first-order valence-corrected chi connectivity index (χ1v) is 5.40. The van der Waals surface area contributed by atoms with Crippen LogP contribution >= 0.6 is 11.6 Å². The third-order valence-corrected chi connectivity index (χ3v) is 2.60. The number of anilines is 1. The van der Waals surface area contributed by atoms with Crippen molar-refractivity contribution in [3.8, 4) is 0 Å². The molecule has 1 aromatic rings. The van der Waals surface area contributed by atoms with Gasteiger partial charge in [-0.2, -0.15) is 0 Å². The van der Waals surface area contributed by atoms with Gasteiger partial charge in [0.05, 0.1) is 30.6 Å². The van der Waals surface area contributed by atoms with Crippen molar-refractivity contribution < 1.29 is 9.94 Å². The van der Waals surface area contributed by atoms with Crippen LogP contribution in [0.1, 0.15) is 0 Å². The van der Waals surface area contributed by atoms with Gasteiger partial charge in [0, 0.05) is 6.54 Å². The lowest BCUT2D eigenvalue weighted by Gasteiger charge is -2.32. The first kappa shape index (κ1) is 11.9. The smallest absolute Gasteiger partial charge is 0.225 e. The SMILES string of the molecule is NC(=NO)C1CN(c2ncc(Cl)cn2)CCO1. The van der Waals surface area contributed by atoms with E-state index in [0.29, 0.717) is 30.7 Å². The molecular formula is C9H12ClN5O2. The summed E-state index contributed by atoms with van der Waals surface area (Å²) in [5.74, 6) is 0.595. The van der Waals surface area contributed by atoms with Gasteiger partial charge in [0.15, 0.2) is 5.84 Å². The summed E-state index contributed by atoms with van der Waals surface area (Å²) in [5, 5.41) is 12.0. The van der Waals surface area contributed by atoms with E-state index in [2.05, 4.69) is 15.1 Å². The predicted molar refractivity (Wildman–Crippen MR) is 62.4 cm³/mol. The van der Waals surface area contributed by atoms with Gasteiger partial charge in [-0.1, -0.05) is 16.8 Å². The van der Waals surface area contributed by atoms with Crippen LogP contribution in [-0.4, -0.2) is 46.8 Å². The molecule has 0 spiro atoms. The Labute approximate surface area is 103 Å². The fraction of sp³-hybridized carbons (Fsp3) is 0.444. The number of rotatable bonds is 2. The average Bonchev–Trinajstić information content (AvgIpc) is 2.39. The molecule has 17 heavy (non-hydrogen) atoms. The molecule has 1 saturated heterocycles. The molecule has 2 heterocycles. The van der Waals surface area contributed by atoms with E-state index in [1.54, 1.807) is 0 Å². The van der Waals surface area contributed by atoms with E-state index < -0.39 is 6.10 Å². The molecule has 2 rings (SSSR count). The van der Waals surface area contributed by atoms with Crippen LogP contribution in [0.3, 0.4) is 0 Å². The van der Waals surface area contributed by atoms with Crippen molar-refractivity contribution in [1.82, 2.24) is 9.97 Å². The summed E-state index contributed by atoms with van der Waals surface area (Å²) in [6.45, 7) is 1.56. The number of hydrogen-bond donors (Lipinski definition) is 2. The summed E-state index contributed by atoms with van der Waals surface area (Å²) in [5.41, 5.74) is 5.50. The highest BCUT2D eigenvalue weighted by Gasteiger charge is 2.25. The van der Waals surface area contributed by atoms with Crippen LogP contribution in [-0.2, 0) is 4.74 Å². The summed E-state index contributed by atoms with van der Waals surface area (Å²) < 4.78 is 5.37. The minimum atomic E-state index is -0.451. The lowest BCUT2D eigenvalue weighted by Crippen LogP contribution is -2.49. The van der Waals surface area contributed by atoms with Crippen LogP contribution in [0.2, 0.25) is 5.02 Å².